The van der Waals surface area contributed by atoms with Crippen molar-refractivity contribution in [1.29, 1.82) is 0 Å². The van der Waals surface area contributed by atoms with E-state index in [-0.39, 0.29) is 23.7 Å². The van der Waals surface area contributed by atoms with Gasteiger partial charge in [0.15, 0.2) is 0 Å². The Morgan fingerprint density at radius 3 is 2.82 bits per heavy atom. The highest BCUT2D eigenvalue weighted by atomic mass is 19.1. The first-order chi connectivity index (χ1) is 10.5. The van der Waals surface area contributed by atoms with Crippen LogP contribution in [-0.4, -0.2) is 35.8 Å². The van der Waals surface area contributed by atoms with Crippen molar-refractivity contribution in [2.24, 2.45) is 0 Å². The molecule has 2 rings (SSSR count). The second kappa shape index (κ2) is 7.38. The molecular formula is C17H23FN2O2. The Morgan fingerprint density at radius 1 is 1.45 bits per heavy atom. The summed E-state index contributed by atoms with van der Waals surface area (Å²) in [5, 5.41) is 2.85. The van der Waals surface area contributed by atoms with Crippen LogP contribution in [0.4, 0.5) is 4.39 Å². The zero-order valence-corrected chi connectivity index (χ0v) is 13.2. The molecule has 1 saturated heterocycles. The summed E-state index contributed by atoms with van der Waals surface area (Å²) in [4.78, 5) is 25.7. The van der Waals surface area contributed by atoms with Crippen molar-refractivity contribution in [1.82, 2.24) is 10.2 Å². The molecule has 1 aromatic rings. The summed E-state index contributed by atoms with van der Waals surface area (Å²) in [6.45, 7) is 5.03. The van der Waals surface area contributed by atoms with Gasteiger partial charge in [-0.25, -0.2) is 4.39 Å². The van der Waals surface area contributed by atoms with E-state index >= 15 is 0 Å². The molecule has 2 amide bonds. The molecule has 1 aliphatic heterocycles. The van der Waals surface area contributed by atoms with Crippen molar-refractivity contribution in [3.8, 4) is 0 Å². The van der Waals surface area contributed by atoms with Crippen LogP contribution >= 0.6 is 0 Å². The van der Waals surface area contributed by atoms with Crippen LogP contribution in [0.3, 0.4) is 0 Å². The van der Waals surface area contributed by atoms with Gasteiger partial charge in [0.05, 0.1) is 0 Å². The summed E-state index contributed by atoms with van der Waals surface area (Å²) >= 11 is 0. The summed E-state index contributed by atoms with van der Waals surface area (Å²) < 4.78 is 13.2. The number of nitrogens with one attached hydrogen (secondary N) is 1. The minimum Gasteiger partial charge on any atom is -0.352 e. The SMILES string of the molecule is CCC(CCNC(=O)c1ccc(F)c(C)c1)N1CCCC1=O. The van der Waals surface area contributed by atoms with Gasteiger partial charge in [-0.3, -0.25) is 9.59 Å². The van der Waals surface area contributed by atoms with E-state index in [1.54, 1.807) is 13.0 Å². The fourth-order valence-electron chi connectivity index (χ4n) is 2.88. The number of rotatable bonds is 6. The number of benzene rings is 1. The molecule has 5 heteroatoms. The third-order valence-electron chi connectivity index (χ3n) is 4.21. The zero-order chi connectivity index (χ0) is 16.1. The number of nitrogens with zero attached hydrogens (tertiary/aromatic N) is 1. The van der Waals surface area contributed by atoms with Gasteiger partial charge < -0.3 is 10.2 Å². The van der Waals surface area contributed by atoms with Gasteiger partial charge in [0.25, 0.3) is 5.91 Å². The third kappa shape index (κ3) is 3.84. The molecule has 0 bridgehead atoms. The Balaban J connectivity index is 1.85. The molecule has 0 aromatic heterocycles. The summed E-state index contributed by atoms with van der Waals surface area (Å²) in [5.74, 6) is -0.298. The van der Waals surface area contributed by atoms with Gasteiger partial charge in [-0.1, -0.05) is 6.92 Å². The molecule has 0 aliphatic carbocycles. The average molecular weight is 306 g/mol. The van der Waals surface area contributed by atoms with Crippen LogP contribution in [0.25, 0.3) is 0 Å². The van der Waals surface area contributed by atoms with E-state index in [1.165, 1.54) is 12.1 Å². The third-order valence-corrected chi connectivity index (χ3v) is 4.21. The number of carbonyl (C=O) groups excluding carboxylic acids is 2. The molecule has 0 saturated carbocycles. The highest BCUT2D eigenvalue weighted by Gasteiger charge is 2.26. The lowest BCUT2D eigenvalue weighted by atomic mass is 10.1. The first-order valence-electron chi connectivity index (χ1n) is 7.86. The van der Waals surface area contributed by atoms with Gasteiger partial charge in [-0.15, -0.1) is 0 Å². The van der Waals surface area contributed by atoms with Gasteiger partial charge >= 0.3 is 0 Å². The number of halogens is 1. The lowest BCUT2D eigenvalue weighted by Gasteiger charge is -2.26. The Labute approximate surface area is 130 Å². The van der Waals surface area contributed by atoms with Crippen molar-refractivity contribution in [3.05, 3.63) is 35.1 Å². The molecule has 1 aromatic carbocycles. The molecule has 1 heterocycles. The summed E-state index contributed by atoms with van der Waals surface area (Å²) in [7, 11) is 0. The van der Waals surface area contributed by atoms with E-state index in [4.69, 9.17) is 0 Å². The molecule has 4 nitrogen and oxygen atoms in total. The fourth-order valence-corrected chi connectivity index (χ4v) is 2.88. The Hall–Kier alpha value is -1.91. The minimum absolute atomic E-state index is 0.185. The van der Waals surface area contributed by atoms with Crippen molar-refractivity contribution in [2.45, 2.75) is 45.6 Å². The van der Waals surface area contributed by atoms with Gasteiger partial charge in [-0.05, 0) is 49.9 Å². The van der Waals surface area contributed by atoms with Crippen LogP contribution in [0.1, 0.15) is 48.5 Å². The van der Waals surface area contributed by atoms with Crippen molar-refractivity contribution >= 4 is 11.8 Å². The second-order valence-electron chi connectivity index (χ2n) is 5.76. The molecule has 1 aliphatic rings. The molecule has 1 atom stereocenters. The monoisotopic (exact) mass is 306 g/mol. The van der Waals surface area contributed by atoms with Crippen molar-refractivity contribution in [3.63, 3.8) is 0 Å². The predicted octanol–water partition coefficient (Wildman–Crippen LogP) is 2.66. The van der Waals surface area contributed by atoms with Gasteiger partial charge in [0.2, 0.25) is 5.91 Å². The van der Waals surface area contributed by atoms with Gasteiger partial charge in [0.1, 0.15) is 5.82 Å². The maximum absolute atomic E-state index is 13.2. The molecule has 0 radical (unpaired) electrons. The number of likely N-dealkylation sites (tertiary alicyclic amines) is 1. The first kappa shape index (κ1) is 16.5. The Morgan fingerprint density at radius 2 is 2.23 bits per heavy atom. The summed E-state index contributed by atoms with van der Waals surface area (Å²) in [6, 6.07) is 4.53. The first-order valence-corrected chi connectivity index (χ1v) is 7.86. The molecule has 0 spiro atoms. The maximum Gasteiger partial charge on any atom is 0.251 e. The lowest BCUT2D eigenvalue weighted by molar-refractivity contribution is -0.129. The van der Waals surface area contributed by atoms with Crippen LogP contribution in [0.5, 0.6) is 0 Å². The molecule has 120 valence electrons. The number of hydrogen-bond acceptors (Lipinski definition) is 2. The summed E-state index contributed by atoms with van der Waals surface area (Å²) in [6.07, 6.45) is 3.19. The van der Waals surface area contributed by atoms with E-state index in [0.29, 0.717) is 24.1 Å². The summed E-state index contributed by atoms with van der Waals surface area (Å²) in [5.41, 5.74) is 0.922. The topological polar surface area (TPSA) is 49.4 Å². The highest BCUT2D eigenvalue weighted by Crippen LogP contribution is 2.17. The van der Waals surface area contributed by atoms with Crippen molar-refractivity contribution in [2.75, 3.05) is 13.1 Å². The molecular weight excluding hydrogens is 283 g/mol. The molecule has 1 unspecified atom stereocenters. The predicted molar refractivity (Wildman–Crippen MR) is 83.1 cm³/mol. The van der Waals surface area contributed by atoms with E-state index in [2.05, 4.69) is 12.2 Å². The maximum atomic E-state index is 13.2. The van der Waals surface area contributed by atoms with E-state index < -0.39 is 0 Å². The highest BCUT2D eigenvalue weighted by molar-refractivity contribution is 5.94. The Kier molecular flexibility index (Phi) is 5.52. The zero-order valence-electron chi connectivity index (χ0n) is 13.2. The van der Waals surface area contributed by atoms with Crippen LogP contribution in [0.2, 0.25) is 0 Å². The average Bonchev–Trinajstić information content (AvgIpc) is 2.92. The van der Waals surface area contributed by atoms with Gasteiger partial charge in [0, 0.05) is 31.1 Å². The van der Waals surface area contributed by atoms with Crippen LogP contribution in [0, 0.1) is 12.7 Å². The largest absolute Gasteiger partial charge is 0.352 e. The number of amides is 2. The Bertz CT molecular complexity index is 560. The van der Waals surface area contributed by atoms with E-state index in [9.17, 15) is 14.0 Å². The number of carbonyl (C=O) groups is 2. The van der Waals surface area contributed by atoms with E-state index in [1.807, 2.05) is 4.90 Å². The minimum atomic E-state index is -0.310. The lowest BCUT2D eigenvalue weighted by Crippen LogP contribution is -2.38. The van der Waals surface area contributed by atoms with Crippen LogP contribution < -0.4 is 5.32 Å². The molecule has 1 fully saturated rings. The molecule has 22 heavy (non-hydrogen) atoms. The van der Waals surface area contributed by atoms with Crippen LogP contribution in [0.15, 0.2) is 18.2 Å². The second-order valence-corrected chi connectivity index (χ2v) is 5.76. The van der Waals surface area contributed by atoms with Crippen LogP contribution in [-0.2, 0) is 4.79 Å². The number of aryl methyl sites for hydroxylation is 1. The normalized spacial score (nSPS) is 16.0. The van der Waals surface area contributed by atoms with Gasteiger partial charge in [-0.2, -0.15) is 0 Å². The standard InChI is InChI=1S/C17H23FN2O2/c1-3-14(20-10-4-5-16(20)21)8-9-19-17(22)13-6-7-15(18)12(2)11-13/h6-7,11,14H,3-5,8-10H2,1-2H3,(H,19,22). The number of hydrogen-bond donors (Lipinski definition) is 1. The quantitative estimate of drug-likeness (QED) is 0.878. The molecule has 1 N–H and O–H groups in total. The smallest absolute Gasteiger partial charge is 0.251 e. The fraction of sp³-hybridized carbons (Fsp3) is 0.529. The van der Waals surface area contributed by atoms with Crippen molar-refractivity contribution < 1.29 is 14.0 Å². The van der Waals surface area contributed by atoms with E-state index in [0.717, 1.165) is 25.8 Å².